The summed E-state index contributed by atoms with van der Waals surface area (Å²) < 4.78 is 0. The first kappa shape index (κ1) is 11.6. The highest BCUT2D eigenvalue weighted by atomic mass is 32.2. The average molecular weight is 257 g/mol. The number of para-hydroxylation sites is 1. The van der Waals surface area contributed by atoms with Crippen LogP contribution in [0.2, 0.25) is 0 Å². The van der Waals surface area contributed by atoms with Crippen molar-refractivity contribution < 1.29 is 4.79 Å². The van der Waals surface area contributed by atoms with Crippen LogP contribution in [0.3, 0.4) is 0 Å². The van der Waals surface area contributed by atoms with E-state index in [1.807, 2.05) is 12.1 Å². The molecule has 0 radical (unpaired) electrons. The second-order valence-corrected chi connectivity index (χ2v) is 5.51. The second-order valence-electron chi connectivity index (χ2n) is 4.52. The summed E-state index contributed by atoms with van der Waals surface area (Å²) >= 11 is 1.32. The summed E-state index contributed by atoms with van der Waals surface area (Å²) in [5.41, 5.74) is 3.11. The van der Waals surface area contributed by atoms with Crippen molar-refractivity contribution in [3.05, 3.63) is 35.9 Å². The van der Waals surface area contributed by atoms with E-state index >= 15 is 0 Å². The van der Waals surface area contributed by atoms with E-state index in [2.05, 4.69) is 30.1 Å². The van der Waals surface area contributed by atoms with Crippen molar-refractivity contribution in [3.8, 4) is 0 Å². The molecule has 1 aliphatic heterocycles. The molecule has 0 fully saturated rings. The predicted octanol–water partition coefficient (Wildman–Crippen LogP) is 4.37. The zero-order valence-electron chi connectivity index (χ0n) is 10.3. The fourth-order valence-electron chi connectivity index (χ4n) is 2.35. The minimum Gasteiger partial charge on any atom is -0.349 e. The molecule has 92 valence electrons. The quantitative estimate of drug-likeness (QED) is 0.654. The van der Waals surface area contributed by atoms with E-state index in [9.17, 15) is 4.79 Å². The van der Waals surface area contributed by atoms with E-state index in [0.717, 1.165) is 46.3 Å². The topological polar surface area (TPSA) is 32.9 Å². The van der Waals surface area contributed by atoms with Crippen LogP contribution in [0.5, 0.6) is 0 Å². The first-order chi connectivity index (χ1) is 8.81. The largest absolute Gasteiger partial charge is 0.349 e. The van der Waals surface area contributed by atoms with Gasteiger partial charge in [-0.25, -0.2) is 0 Å². The lowest BCUT2D eigenvalue weighted by Crippen LogP contribution is -1.88. The van der Waals surface area contributed by atoms with Gasteiger partial charge in [-0.15, -0.1) is 0 Å². The summed E-state index contributed by atoms with van der Waals surface area (Å²) in [6.07, 6.45) is 5.38. The summed E-state index contributed by atoms with van der Waals surface area (Å²) in [6, 6.07) is 8.17. The molecule has 0 bridgehead atoms. The molecule has 3 heteroatoms. The molecule has 0 unspecified atom stereocenters. The SMILES string of the molecule is CCCC/C=C1/C(=O)Sc2[nH]c3ccccc3c21. The van der Waals surface area contributed by atoms with Gasteiger partial charge < -0.3 is 4.98 Å². The minimum atomic E-state index is 0.179. The van der Waals surface area contributed by atoms with Gasteiger partial charge in [0, 0.05) is 22.0 Å². The normalized spacial score (nSPS) is 16.7. The number of aromatic nitrogens is 1. The Morgan fingerprint density at radius 1 is 1.33 bits per heavy atom. The highest BCUT2D eigenvalue weighted by Crippen LogP contribution is 2.44. The van der Waals surface area contributed by atoms with Crippen molar-refractivity contribution >= 4 is 33.4 Å². The molecule has 2 heterocycles. The van der Waals surface area contributed by atoms with Crippen molar-refractivity contribution in [2.24, 2.45) is 0 Å². The van der Waals surface area contributed by atoms with Gasteiger partial charge in [-0.3, -0.25) is 4.79 Å². The van der Waals surface area contributed by atoms with E-state index in [1.54, 1.807) is 0 Å². The number of benzene rings is 1. The van der Waals surface area contributed by atoms with Crippen LogP contribution in [-0.4, -0.2) is 10.1 Å². The van der Waals surface area contributed by atoms with E-state index in [1.165, 1.54) is 11.8 Å². The number of nitrogens with one attached hydrogen (secondary N) is 1. The fraction of sp³-hybridized carbons (Fsp3) is 0.267. The number of hydrogen-bond donors (Lipinski definition) is 1. The zero-order valence-corrected chi connectivity index (χ0v) is 11.1. The maximum Gasteiger partial charge on any atom is 0.225 e. The summed E-state index contributed by atoms with van der Waals surface area (Å²) in [5, 5.41) is 2.34. The number of H-pyrrole nitrogens is 1. The number of allylic oxidation sites excluding steroid dienone is 1. The fourth-order valence-corrected chi connectivity index (χ4v) is 3.31. The van der Waals surface area contributed by atoms with Crippen LogP contribution in [0.25, 0.3) is 16.5 Å². The summed E-state index contributed by atoms with van der Waals surface area (Å²) in [6.45, 7) is 2.17. The number of carbonyl (C=O) groups excluding carboxylic acids is 1. The van der Waals surface area contributed by atoms with Gasteiger partial charge in [0.25, 0.3) is 0 Å². The van der Waals surface area contributed by atoms with E-state index in [4.69, 9.17) is 0 Å². The monoisotopic (exact) mass is 257 g/mol. The third kappa shape index (κ3) is 1.79. The Labute approximate surface area is 110 Å². The lowest BCUT2D eigenvalue weighted by Gasteiger charge is -1.98. The molecule has 2 aromatic rings. The number of thioether (sulfide) groups is 1. The predicted molar refractivity (Wildman–Crippen MR) is 76.7 cm³/mol. The van der Waals surface area contributed by atoms with Gasteiger partial charge in [0.15, 0.2) is 0 Å². The number of fused-ring (bicyclic) bond motifs is 3. The number of rotatable bonds is 3. The molecule has 1 aromatic carbocycles. The lowest BCUT2D eigenvalue weighted by atomic mass is 10.0. The van der Waals surface area contributed by atoms with Crippen LogP contribution < -0.4 is 0 Å². The molecule has 1 aromatic heterocycles. The van der Waals surface area contributed by atoms with Crippen molar-refractivity contribution in [2.75, 3.05) is 0 Å². The molecule has 1 aliphatic rings. The Morgan fingerprint density at radius 2 is 2.17 bits per heavy atom. The summed E-state index contributed by atoms with van der Waals surface area (Å²) in [5.74, 6) is 0. The maximum absolute atomic E-state index is 12.0. The van der Waals surface area contributed by atoms with Gasteiger partial charge in [0.2, 0.25) is 5.12 Å². The minimum absolute atomic E-state index is 0.179. The smallest absolute Gasteiger partial charge is 0.225 e. The van der Waals surface area contributed by atoms with Crippen molar-refractivity contribution in [2.45, 2.75) is 31.2 Å². The Hall–Kier alpha value is -1.48. The number of unbranched alkanes of at least 4 members (excludes halogenated alkanes) is 2. The van der Waals surface area contributed by atoms with E-state index < -0.39 is 0 Å². The third-order valence-electron chi connectivity index (χ3n) is 3.26. The number of carbonyl (C=O) groups is 1. The standard InChI is InChI=1S/C15H15NOS/c1-2-3-4-8-11-13-10-7-5-6-9-12(10)16-14(13)18-15(11)17/h5-9,16H,2-4H2,1H3/b11-8+. The van der Waals surface area contributed by atoms with Gasteiger partial charge in [-0.1, -0.05) is 44.0 Å². The maximum atomic E-state index is 12.0. The number of aromatic amines is 1. The van der Waals surface area contributed by atoms with Gasteiger partial charge >= 0.3 is 0 Å². The molecule has 0 saturated heterocycles. The van der Waals surface area contributed by atoms with Crippen LogP contribution in [0, 0.1) is 0 Å². The zero-order chi connectivity index (χ0) is 12.5. The first-order valence-corrected chi connectivity index (χ1v) is 7.16. The van der Waals surface area contributed by atoms with Gasteiger partial charge in [0.1, 0.15) is 0 Å². The van der Waals surface area contributed by atoms with Gasteiger partial charge in [-0.2, -0.15) is 0 Å². The second kappa shape index (κ2) is 4.65. The Bertz CT molecular complexity index is 639. The molecule has 3 rings (SSSR count). The van der Waals surface area contributed by atoms with Crippen LogP contribution >= 0.6 is 11.8 Å². The Kier molecular flexibility index (Phi) is 3.00. The van der Waals surface area contributed by atoms with Crippen LogP contribution in [0.4, 0.5) is 0 Å². The summed E-state index contributed by atoms with van der Waals surface area (Å²) in [4.78, 5) is 15.3. The summed E-state index contributed by atoms with van der Waals surface area (Å²) in [7, 11) is 0. The lowest BCUT2D eigenvalue weighted by molar-refractivity contribution is -0.106. The first-order valence-electron chi connectivity index (χ1n) is 6.34. The highest BCUT2D eigenvalue weighted by molar-refractivity contribution is 8.15. The third-order valence-corrected chi connectivity index (χ3v) is 4.18. The van der Waals surface area contributed by atoms with Crippen molar-refractivity contribution in [3.63, 3.8) is 0 Å². The van der Waals surface area contributed by atoms with Crippen molar-refractivity contribution in [1.82, 2.24) is 4.98 Å². The van der Waals surface area contributed by atoms with Gasteiger partial charge in [-0.05, 0) is 24.2 Å². The molecule has 1 N–H and O–H groups in total. The molecule has 0 aliphatic carbocycles. The molecule has 0 saturated carbocycles. The molecule has 18 heavy (non-hydrogen) atoms. The molecular formula is C15H15NOS. The molecule has 0 atom stereocenters. The van der Waals surface area contributed by atoms with Crippen molar-refractivity contribution in [1.29, 1.82) is 0 Å². The molecule has 0 spiro atoms. The van der Waals surface area contributed by atoms with Crippen LogP contribution in [-0.2, 0) is 4.79 Å². The molecular weight excluding hydrogens is 242 g/mol. The average Bonchev–Trinajstić information content (AvgIpc) is 2.86. The van der Waals surface area contributed by atoms with E-state index in [-0.39, 0.29) is 5.12 Å². The molecule has 0 amide bonds. The van der Waals surface area contributed by atoms with Gasteiger partial charge in [0.05, 0.1) is 5.03 Å². The number of hydrogen-bond acceptors (Lipinski definition) is 2. The van der Waals surface area contributed by atoms with Crippen LogP contribution in [0.1, 0.15) is 31.7 Å². The van der Waals surface area contributed by atoms with E-state index in [0.29, 0.717) is 0 Å². The Balaban J connectivity index is 2.09. The Morgan fingerprint density at radius 3 is 3.00 bits per heavy atom. The molecule has 2 nitrogen and oxygen atoms in total. The highest BCUT2D eigenvalue weighted by Gasteiger charge is 2.29. The van der Waals surface area contributed by atoms with Crippen LogP contribution in [0.15, 0.2) is 35.4 Å².